The molecule has 94 valence electrons. The molecule has 1 unspecified atom stereocenters. The molecule has 3 heteroatoms. The predicted octanol–water partition coefficient (Wildman–Crippen LogP) is 2.09. The molecular formula is C14H22N2O. The van der Waals surface area contributed by atoms with E-state index in [2.05, 4.69) is 42.7 Å². The maximum absolute atomic E-state index is 5.43. The van der Waals surface area contributed by atoms with Crippen LogP contribution in [0.3, 0.4) is 0 Å². The van der Waals surface area contributed by atoms with Crippen molar-refractivity contribution in [2.45, 2.75) is 26.3 Å². The number of hydrogen-bond donors (Lipinski definition) is 2. The Morgan fingerprint density at radius 2 is 2.24 bits per heavy atom. The van der Waals surface area contributed by atoms with Crippen molar-refractivity contribution in [1.82, 2.24) is 5.32 Å². The number of hydrogen-bond acceptors (Lipinski definition) is 3. The van der Waals surface area contributed by atoms with Crippen LogP contribution in [0, 0.1) is 13.8 Å². The van der Waals surface area contributed by atoms with E-state index >= 15 is 0 Å². The third kappa shape index (κ3) is 3.72. The Bertz CT molecular complexity index is 359. The number of nitrogens with one attached hydrogen (secondary N) is 2. The first-order valence-electron chi connectivity index (χ1n) is 6.38. The van der Waals surface area contributed by atoms with E-state index in [0.29, 0.717) is 6.04 Å². The van der Waals surface area contributed by atoms with Gasteiger partial charge in [-0.25, -0.2) is 0 Å². The molecule has 0 radical (unpaired) electrons. The summed E-state index contributed by atoms with van der Waals surface area (Å²) in [5.41, 5.74) is 3.90. The van der Waals surface area contributed by atoms with Gasteiger partial charge in [0.15, 0.2) is 0 Å². The zero-order valence-corrected chi connectivity index (χ0v) is 10.8. The Hall–Kier alpha value is -1.06. The first-order valence-corrected chi connectivity index (χ1v) is 6.38. The summed E-state index contributed by atoms with van der Waals surface area (Å²) in [5, 5.41) is 6.93. The smallest absolute Gasteiger partial charge is 0.0620 e. The minimum atomic E-state index is 0.503. The summed E-state index contributed by atoms with van der Waals surface area (Å²) < 4.78 is 5.43. The summed E-state index contributed by atoms with van der Waals surface area (Å²) in [7, 11) is 0. The first-order chi connectivity index (χ1) is 8.25. The summed E-state index contributed by atoms with van der Waals surface area (Å²) >= 11 is 0. The fraction of sp³-hybridized carbons (Fsp3) is 0.571. The van der Waals surface area contributed by atoms with E-state index in [1.54, 1.807) is 0 Å². The topological polar surface area (TPSA) is 33.3 Å². The zero-order chi connectivity index (χ0) is 12.1. The van der Waals surface area contributed by atoms with Crippen molar-refractivity contribution in [2.24, 2.45) is 0 Å². The van der Waals surface area contributed by atoms with Crippen molar-refractivity contribution in [2.75, 3.05) is 31.6 Å². The van der Waals surface area contributed by atoms with E-state index in [4.69, 9.17) is 4.74 Å². The number of rotatable bonds is 4. The van der Waals surface area contributed by atoms with Gasteiger partial charge in [0.1, 0.15) is 0 Å². The van der Waals surface area contributed by atoms with Gasteiger partial charge in [0.25, 0.3) is 0 Å². The van der Waals surface area contributed by atoms with Gasteiger partial charge in [-0.1, -0.05) is 6.07 Å². The van der Waals surface area contributed by atoms with Gasteiger partial charge in [0.05, 0.1) is 13.2 Å². The summed E-state index contributed by atoms with van der Waals surface area (Å²) in [4.78, 5) is 0. The summed E-state index contributed by atoms with van der Waals surface area (Å²) in [6.07, 6.45) is 1.10. The Balaban J connectivity index is 1.75. The number of aryl methyl sites for hydroxylation is 2. The van der Waals surface area contributed by atoms with Crippen LogP contribution in [0.2, 0.25) is 0 Å². The van der Waals surface area contributed by atoms with Gasteiger partial charge in [-0.3, -0.25) is 0 Å². The Kier molecular flexibility index (Phi) is 4.40. The lowest BCUT2D eigenvalue weighted by molar-refractivity contribution is 0.0753. The third-order valence-electron chi connectivity index (χ3n) is 3.33. The molecule has 0 bridgehead atoms. The molecule has 0 aromatic heterocycles. The fourth-order valence-electron chi connectivity index (χ4n) is 2.05. The molecule has 3 nitrogen and oxygen atoms in total. The molecule has 1 saturated heterocycles. The number of morpholine rings is 1. The van der Waals surface area contributed by atoms with E-state index < -0.39 is 0 Å². The van der Waals surface area contributed by atoms with Gasteiger partial charge in [-0.2, -0.15) is 0 Å². The number of anilines is 1. The maximum atomic E-state index is 5.43. The van der Waals surface area contributed by atoms with Crippen molar-refractivity contribution in [3.8, 4) is 0 Å². The van der Waals surface area contributed by atoms with Crippen LogP contribution in [0.1, 0.15) is 17.5 Å². The highest BCUT2D eigenvalue weighted by Gasteiger charge is 2.11. The normalized spacial score (nSPS) is 20.2. The van der Waals surface area contributed by atoms with Crippen molar-refractivity contribution in [3.63, 3.8) is 0 Å². The monoisotopic (exact) mass is 234 g/mol. The van der Waals surface area contributed by atoms with Crippen LogP contribution in [-0.2, 0) is 4.74 Å². The molecular weight excluding hydrogens is 212 g/mol. The van der Waals surface area contributed by atoms with Crippen LogP contribution < -0.4 is 10.6 Å². The minimum absolute atomic E-state index is 0.503. The van der Waals surface area contributed by atoms with Gasteiger partial charge in [-0.05, 0) is 43.5 Å². The molecule has 1 fully saturated rings. The summed E-state index contributed by atoms with van der Waals surface area (Å²) in [6, 6.07) is 7.02. The zero-order valence-electron chi connectivity index (χ0n) is 10.8. The van der Waals surface area contributed by atoms with E-state index in [0.717, 1.165) is 32.7 Å². The highest BCUT2D eigenvalue weighted by Crippen LogP contribution is 2.14. The third-order valence-corrected chi connectivity index (χ3v) is 3.33. The lowest BCUT2D eigenvalue weighted by Crippen LogP contribution is -2.42. The van der Waals surface area contributed by atoms with Crippen LogP contribution >= 0.6 is 0 Å². The van der Waals surface area contributed by atoms with E-state index in [1.165, 1.54) is 16.8 Å². The molecule has 1 heterocycles. The second kappa shape index (κ2) is 6.03. The lowest BCUT2D eigenvalue weighted by Gasteiger charge is -2.24. The van der Waals surface area contributed by atoms with Crippen LogP contribution in [-0.4, -0.2) is 32.3 Å². The van der Waals surface area contributed by atoms with Gasteiger partial charge in [0.2, 0.25) is 0 Å². The Morgan fingerprint density at radius 1 is 1.35 bits per heavy atom. The van der Waals surface area contributed by atoms with Gasteiger partial charge in [0, 0.05) is 24.8 Å². The highest BCUT2D eigenvalue weighted by molar-refractivity contribution is 5.47. The fourth-order valence-corrected chi connectivity index (χ4v) is 2.05. The molecule has 1 atom stereocenters. The second-order valence-corrected chi connectivity index (χ2v) is 4.74. The standard InChI is InChI=1S/C14H22N2O/c1-11-3-4-13(9-12(11)2)15-6-5-14-10-17-8-7-16-14/h3-4,9,14-16H,5-8,10H2,1-2H3. The van der Waals surface area contributed by atoms with Crippen LogP contribution in [0.25, 0.3) is 0 Å². The maximum Gasteiger partial charge on any atom is 0.0620 e. The summed E-state index contributed by atoms with van der Waals surface area (Å²) in [5.74, 6) is 0. The van der Waals surface area contributed by atoms with Gasteiger partial charge >= 0.3 is 0 Å². The molecule has 17 heavy (non-hydrogen) atoms. The second-order valence-electron chi connectivity index (χ2n) is 4.74. The molecule has 2 N–H and O–H groups in total. The SMILES string of the molecule is Cc1ccc(NCCC2COCCN2)cc1C. The average molecular weight is 234 g/mol. The molecule has 1 aliphatic heterocycles. The molecule has 1 aromatic rings. The first kappa shape index (κ1) is 12.4. The van der Waals surface area contributed by atoms with Gasteiger partial charge < -0.3 is 15.4 Å². The van der Waals surface area contributed by atoms with Crippen molar-refractivity contribution in [3.05, 3.63) is 29.3 Å². The molecule has 0 amide bonds. The number of ether oxygens (including phenoxy) is 1. The predicted molar refractivity (Wildman–Crippen MR) is 71.6 cm³/mol. The molecule has 0 saturated carbocycles. The highest BCUT2D eigenvalue weighted by atomic mass is 16.5. The van der Waals surface area contributed by atoms with Crippen LogP contribution in [0.4, 0.5) is 5.69 Å². The average Bonchev–Trinajstić information content (AvgIpc) is 2.35. The van der Waals surface area contributed by atoms with Crippen molar-refractivity contribution >= 4 is 5.69 Å². The molecule has 0 aliphatic carbocycles. The van der Waals surface area contributed by atoms with E-state index in [1.807, 2.05) is 0 Å². The molecule has 2 rings (SSSR count). The summed E-state index contributed by atoms with van der Waals surface area (Å²) in [6.45, 7) is 7.95. The molecule has 0 spiro atoms. The van der Waals surface area contributed by atoms with Crippen molar-refractivity contribution in [1.29, 1.82) is 0 Å². The Labute approximate surface area is 104 Å². The van der Waals surface area contributed by atoms with Crippen molar-refractivity contribution < 1.29 is 4.74 Å². The minimum Gasteiger partial charge on any atom is -0.385 e. The van der Waals surface area contributed by atoms with Gasteiger partial charge in [-0.15, -0.1) is 0 Å². The molecule has 1 aliphatic rings. The lowest BCUT2D eigenvalue weighted by atomic mass is 10.1. The number of benzene rings is 1. The van der Waals surface area contributed by atoms with Crippen LogP contribution in [0.15, 0.2) is 18.2 Å². The van der Waals surface area contributed by atoms with E-state index in [-0.39, 0.29) is 0 Å². The Morgan fingerprint density at radius 3 is 2.94 bits per heavy atom. The largest absolute Gasteiger partial charge is 0.385 e. The van der Waals surface area contributed by atoms with Crippen LogP contribution in [0.5, 0.6) is 0 Å². The van der Waals surface area contributed by atoms with E-state index in [9.17, 15) is 0 Å². The molecule has 1 aromatic carbocycles. The quantitative estimate of drug-likeness (QED) is 0.837.